The zero-order chi connectivity index (χ0) is 12.3. The van der Waals surface area contributed by atoms with E-state index in [1.807, 2.05) is 0 Å². The first kappa shape index (κ1) is 11.6. The Bertz CT molecular complexity index is 556. The number of anilines is 1. The lowest BCUT2D eigenvalue weighted by Gasteiger charge is -1.95. The van der Waals surface area contributed by atoms with Gasteiger partial charge >= 0.3 is 0 Å². The van der Waals surface area contributed by atoms with Gasteiger partial charge < -0.3 is 5.73 Å². The van der Waals surface area contributed by atoms with Crippen molar-refractivity contribution in [3.63, 3.8) is 0 Å². The van der Waals surface area contributed by atoms with Gasteiger partial charge in [-0.05, 0) is 6.42 Å². The molecule has 0 unspecified atom stereocenters. The third-order valence-electron chi connectivity index (χ3n) is 2.66. The number of aromatic nitrogens is 4. The number of nitrogens with zero attached hydrogens (tertiary/aromatic N) is 3. The molecule has 0 atom stereocenters. The van der Waals surface area contributed by atoms with Gasteiger partial charge in [-0.1, -0.05) is 26.2 Å². The highest BCUT2D eigenvalue weighted by Gasteiger charge is 2.06. The van der Waals surface area contributed by atoms with Crippen molar-refractivity contribution in [2.75, 3.05) is 5.73 Å². The maximum absolute atomic E-state index is 11.2. The summed E-state index contributed by atoms with van der Waals surface area (Å²) >= 11 is 0. The van der Waals surface area contributed by atoms with Gasteiger partial charge in [-0.3, -0.25) is 9.78 Å². The number of hydrogen-bond acceptors (Lipinski definition) is 4. The highest BCUT2D eigenvalue weighted by atomic mass is 16.1. The molecule has 0 aliphatic carbocycles. The van der Waals surface area contributed by atoms with Gasteiger partial charge in [0.2, 0.25) is 5.78 Å². The smallest absolute Gasteiger partial charge is 0.254 e. The van der Waals surface area contributed by atoms with Crippen molar-refractivity contribution >= 4 is 11.6 Å². The number of fused-ring (bicyclic) bond motifs is 1. The molecular weight excluding hydrogens is 218 g/mol. The van der Waals surface area contributed by atoms with E-state index in [2.05, 4.69) is 22.0 Å². The van der Waals surface area contributed by atoms with E-state index in [4.69, 9.17) is 5.73 Å². The average molecular weight is 235 g/mol. The van der Waals surface area contributed by atoms with E-state index in [1.165, 1.54) is 29.8 Å². The molecular formula is C11H17N5O. The zero-order valence-electron chi connectivity index (χ0n) is 9.94. The molecule has 0 saturated carbocycles. The fourth-order valence-electron chi connectivity index (χ4n) is 1.77. The Hall–Kier alpha value is -1.85. The Balaban J connectivity index is 2.15. The van der Waals surface area contributed by atoms with E-state index in [0.29, 0.717) is 11.6 Å². The highest BCUT2D eigenvalue weighted by molar-refractivity contribution is 5.38. The normalized spacial score (nSPS) is 11.1. The molecule has 0 fully saturated rings. The van der Waals surface area contributed by atoms with Crippen LogP contribution in [0.5, 0.6) is 0 Å². The van der Waals surface area contributed by atoms with Gasteiger partial charge in [0.15, 0.2) is 5.82 Å². The Morgan fingerprint density at radius 2 is 2.24 bits per heavy atom. The largest absolute Gasteiger partial charge is 0.383 e. The molecule has 0 amide bonds. The minimum Gasteiger partial charge on any atom is -0.383 e. The van der Waals surface area contributed by atoms with Gasteiger partial charge in [0.1, 0.15) is 5.82 Å². The van der Waals surface area contributed by atoms with Crippen LogP contribution in [0, 0.1) is 0 Å². The molecule has 2 aromatic rings. The molecule has 6 heteroatoms. The maximum atomic E-state index is 11.2. The number of aromatic amines is 1. The molecule has 3 N–H and O–H groups in total. The minimum atomic E-state index is -0.250. The first-order valence-electron chi connectivity index (χ1n) is 5.95. The molecule has 0 aliphatic rings. The van der Waals surface area contributed by atoms with Crippen molar-refractivity contribution in [2.45, 2.75) is 39.0 Å². The second kappa shape index (κ2) is 4.99. The van der Waals surface area contributed by atoms with Crippen LogP contribution in [-0.2, 0) is 6.42 Å². The van der Waals surface area contributed by atoms with Crippen molar-refractivity contribution in [1.29, 1.82) is 0 Å². The summed E-state index contributed by atoms with van der Waals surface area (Å²) in [4.78, 5) is 18.1. The summed E-state index contributed by atoms with van der Waals surface area (Å²) in [6.07, 6.45) is 5.50. The summed E-state index contributed by atoms with van der Waals surface area (Å²) in [7, 11) is 0. The number of H-pyrrole nitrogens is 1. The van der Waals surface area contributed by atoms with E-state index < -0.39 is 0 Å². The number of nitrogens with two attached hydrogens (primary N) is 1. The van der Waals surface area contributed by atoms with E-state index >= 15 is 0 Å². The van der Waals surface area contributed by atoms with Gasteiger partial charge in [0.25, 0.3) is 5.56 Å². The van der Waals surface area contributed by atoms with Gasteiger partial charge in [0, 0.05) is 12.5 Å². The fraction of sp³-hybridized carbons (Fsp3) is 0.545. The Morgan fingerprint density at radius 3 is 3.00 bits per heavy atom. The van der Waals surface area contributed by atoms with E-state index in [1.54, 1.807) is 0 Å². The molecule has 2 aromatic heterocycles. The molecule has 0 radical (unpaired) electrons. The van der Waals surface area contributed by atoms with Crippen molar-refractivity contribution in [3.8, 4) is 0 Å². The van der Waals surface area contributed by atoms with E-state index in [0.717, 1.165) is 18.7 Å². The lowest BCUT2D eigenvalue weighted by atomic mass is 10.1. The minimum absolute atomic E-state index is 0.250. The summed E-state index contributed by atoms with van der Waals surface area (Å²) in [6.45, 7) is 2.18. The first-order chi connectivity index (χ1) is 8.20. The maximum Gasteiger partial charge on any atom is 0.254 e. The summed E-state index contributed by atoms with van der Waals surface area (Å²) in [5, 5.41) is 4.26. The summed E-state index contributed by atoms with van der Waals surface area (Å²) in [6, 6.07) is 1.31. The third kappa shape index (κ3) is 2.64. The van der Waals surface area contributed by atoms with Crippen LogP contribution in [0.4, 0.5) is 5.82 Å². The topological polar surface area (TPSA) is 89.1 Å². The molecule has 0 aliphatic heterocycles. The van der Waals surface area contributed by atoms with Gasteiger partial charge in [0.05, 0.1) is 0 Å². The number of rotatable bonds is 5. The molecule has 2 heterocycles. The van der Waals surface area contributed by atoms with Crippen LogP contribution in [0.15, 0.2) is 10.9 Å². The SMILES string of the molecule is CCCCCCc1nc2[nH]c(=O)cc(N)n2n1. The second-order valence-electron chi connectivity index (χ2n) is 4.13. The predicted molar refractivity (Wildman–Crippen MR) is 65.9 cm³/mol. The molecule has 6 nitrogen and oxygen atoms in total. The second-order valence-corrected chi connectivity index (χ2v) is 4.13. The van der Waals surface area contributed by atoms with E-state index in [-0.39, 0.29) is 5.56 Å². The molecule has 0 saturated heterocycles. The van der Waals surface area contributed by atoms with Crippen LogP contribution in [0.25, 0.3) is 5.78 Å². The predicted octanol–water partition coefficient (Wildman–Crippen LogP) is 1.12. The third-order valence-corrected chi connectivity index (χ3v) is 2.66. The highest BCUT2D eigenvalue weighted by Crippen LogP contribution is 2.06. The number of nitrogen functional groups attached to an aromatic ring is 1. The quantitative estimate of drug-likeness (QED) is 0.760. The van der Waals surface area contributed by atoms with Crippen LogP contribution >= 0.6 is 0 Å². The Labute approximate surface area is 98.9 Å². The lowest BCUT2D eigenvalue weighted by molar-refractivity contribution is 0.652. The zero-order valence-corrected chi connectivity index (χ0v) is 9.94. The van der Waals surface area contributed by atoms with Crippen molar-refractivity contribution in [3.05, 3.63) is 22.2 Å². The molecule has 17 heavy (non-hydrogen) atoms. The van der Waals surface area contributed by atoms with Crippen LogP contribution in [0.2, 0.25) is 0 Å². The average Bonchev–Trinajstić information content (AvgIpc) is 2.67. The molecule has 0 aromatic carbocycles. The summed E-state index contributed by atoms with van der Waals surface area (Å²) in [5.74, 6) is 1.46. The number of nitrogens with one attached hydrogen (secondary N) is 1. The van der Waals surface area contributed by atoms with Crippen LogP contribution in [-0.4, -0.2) is 19.6 Å². The first-order valence-corrected chi connectivity index (χ1v) is 5.95. The lowest BCUT2D eigenvalue weighted by Crippen LogP contribution is -2.11. The summed E-state index contributed by atoms with van der Waals surface area (Å²) < 4.78 is 1.47. The summed E-state index contributed by atoms with van der Waals surface area (Å²) in [5.41, 5.74) is 5.44. The molecule has 0 bridgehead atoms. The Kier molecular flexibility index (Phi) is 3.41. The van der Waals surface area contributed by atoms with Crippen LogP contribution < -0.4 is 11.3 Å². The van der Waals surface area contributed by atoms with Crippen LogP contribution in [0.3, 0.4) is 0 Å². The molecule has 0 spiro atoms. The van der Waals surface area contributed by atoms with Crippen molar-refractivity contribution in [1.82, 2.24) is 19.6 Å². The van der Waals surface area contributed by atoms with E-state index in [9.17, 15) is 4.79 Å². The number of hydrogen-bond donors (Lipinski definition) is 2. The molecule has 2 rings (SSSR count). The van der Waals surface area contributed by atoms with Gasteiger partial charge in [-0.15, -0.1) is 5.10 Å². The standard InChI is InChI=1S/C11H17N5O/c1-2-3-4-5-6-9-13-11-14-10(17)7-8(12)16(11)15-9/h7H,2-6,12H2,1H3,(H,13,14,15,17). The number of unbranched alkanes of at least 4 members (excludes halogenated alkanes) is 3. The van der Waals surface area contributed by atoms with Crippen molar-refractivity contribution in [2.24, 2.45) is 0 Å². The molecule has 92 valence electrons. The van der Waals surface area contributed by atoms with Gasteiger partial charge in [-0.25, -0.2) is 0 Å². The monoisotopic (exact) mass is 235 g/mol. The number of aryl methyl sites for hydroxylation is 1. The van der Waals surface area contributed by atoms with Crippen molar-refractivity contribution < 1.29 is 0 Å². The Morgan fingerprint density at radius 1 is 1.41 bits per heavy atom. The van der Waals surface area contributed by atoms with Gasteiger partial charge in [-0.2, -0.15) is 9.50 Å². The van der Waals surface area contributed by atoms with Crippen LogP contribution in [0.1, 0.15) is 38.4 Å². The fourth-order valence-corrected chi connectivity index (χ4v) is 1.77.